The molecule has 0 unspecified atom stereocenters. The van der Waals surface area contributed by atoms with Gasteiger partial charge in [-0.25, -0.2) is 0 Å². The Morgan fingerprint density at radius 1 is 1.88 bits per heavy atom. The van der Waals surface area contributed by atoms with E-state index in [1.54, 1.807) is 6.92 Å². The minimum absolute atomic E-state index is 0.0463. The van der Waals surface area contributed by atoms with Gasteiger partial charge in [-0.3, -0.25) is 4.79 Å². The van der Waals surface area contributed by atoms with Crippen molar-refractivity contribution >= 4 is 5.97 Å². The monoisotopic (exact) mass is 115 g/mol. The molecule has 0 rings (SSSR count). The zero-order chi connectivity index (χ0) is 6.57. The van der Waals surface area contributed by atoms with Crippen LogP contribution in [0.5, 0.6) is 0 Å². The number of aliphatic carboxylic acids is 1. The van der Waals surface area contributed by atoms with E-state index >= 15 is 0 Å². The molecule has 0 aromatic heterocycles. The van der Waals surface area contributed by atoms with E-state index in [0.717, 1.165) is 0 Å². The molecule has 46 valence electrons. The second kappa shape index (κ2) is 3.07. The van der Waals surface area contributed by atoms with E-state index in [1.165, 1.54) is 0 Å². The van der Waals surface area contributed by atoms with Crippen LogP contribution in [0.4, 0.5) is 0 Å². The quantitative estimate of drug-likeness (QED) is 0.552. The van der Waals surface area contributed by atoms with Gasteiger partial charge in [0.05, 0.1) is 0 Å². The lowest BCUT2D eigenvalue weighted by Crippen LogP contribution is -2.19. The van der Waals surface area contributed by atoms with Gasteiger partial charge in [-0.15, -0.1) is 0 Å². The number of carboxylic acid groups (broad SMARTS) is 1. The summed E-state index contributed by atoms with van der Waals surface area (Å²) in [6.45, 7) is 5.12. The molecule has 0 aliphatic carbocycles. The minimum Gasteiger partial charge on any atom is -0.480 e. The maximum atomic E-state index is 9.80. The molecular formula is C5H9NO2. The second-order valence-electron chi connectivity index (χ2n) is 1.53. The second-order valence-corrected chi connectivity index (χ2v) is 1.53. The molecule has 0 spiro atoms. The predicted molar refractivity (Wildman–Crippen MR) is 30.5 cm³/mol. The largest absolute Gasteiger partial charge is 0.480 e. The zero-order valence-electron chi connectivity index (χ0n) is 4.77. The highest BCUT2D eigenvalue weighted by molar-refractivity contribution is 5.69. The number of rotatable bonds is 3. The van der Waals surface area contributed by atoms with Crippen LogP contribution in [0.1, 0.15) is 6.92 Å². The van der Waals surface area contributed by atoms with Crippen LogP contribution in [0, 0.1) is 0 Å². The minimum atomic E-state index is -0.868. The van der Waals surface area contributed by atoms with Crippen molar-refractivity contribution in [2.45, 2.75) is 6.92 Å². The fourth-order valence-electron chi connectivity index (χ4n) is 0.227. The molecule has 0 aromatic rings. The highest BCUT2D eigenvalue weighted by Gasteiger charge is 1.91. The van der Waals surface area contributed by atoms with Crippen LogP contribution < -0.4 is 5.32 Å². The van der Waals surface area contributed by atoms with Crippen molar-refractivity contribution in [2.75, 3.05) is 6.54 Å². The van der Waals surface area contributed by atoms with Gasteiger partial charge in [0.2, 0.25) is 0 Å². The van der Waals surface area contributed by atoms with Gasteiger partial charge in [-0.05, 0) is 6.92 Å². The van der Waals surface area contributed by atoms with E-state index in [0.29, 0.717) is 5.70 Å². The van der Waals surface area contributed by atoms with Crippen LogP contribution in [0.3, 0.4) is 0 Å². The van der Waals surface area contributed by atoms with Crippen LogP contribution in [0.25, 0.3) is 0 Å². The van der Waals surface area contributed by atoms with Gasteiger partial charge >= 0.3 is 5.97 Å². The van der Waals surface area contributed by atoms with Crippen molar-refractivity contribution in [3.8, 4) is 0 Å². The third-order valence-corrected chi connectivity index (χ3v) is 0.541. The first-order valence-corrected chi connectivity index (χ1v) is 2.24. The highest BCUT2D eigenvalue weighted by Crippen LogP contribution is 1.74. The Morgan fingerprint density at radius 3 is 2.50 bits per heavy atom. The Balaban J connectivity index is 3.18. The van der Waals surface area contributed by atoms with E-state index in [-0.39, 0.29) is 6.54 Å². The molecule has 0 fully saturated rings. The lowest BCUT2D eigenvalue weighted by atomic mass is 10.5. The number of hydrogen-bond acceptors (Lipinski definition) is 2. The van der Waals surface area contributed by atoms with Crippen LogP contribution in [-0.4, -0.2) is 17.6 Å². The summed E-state index contributed by atoms with van der Waals surface area (Å²) in [6.07, 6.45) is 0. The standard InChI is InChI=1S/C5H9NO2/c1-4(2)6-3-5(7)8/h6H,1,3H2,2H3,(H,7,8). The molecular weight excluding hydrogens is 106 g/mol. The molecule has 3 heteroatoms. The maximum absolute atomic E-state index is 9.80. The lowest BCUT2D eigenvalue weighted by molar-refractivity contribution is -0.135. The Labute approximate surface area is 48.0 Å². The zero-order valence-corrected chi connectivity index (χ0v) is 4.77. The van der Waals surface area contributed by atoms with Crippen molar-refractivity contribution < 1.29 is 9.90 Å². The number of carbonyl (C=O) groups is 1. The van der Waals surface area contributed by atoms with Gasteiger partial charge in [-0.2, -0.15) is 0 Å². The Bertz CT molecular complexity index is 95.0. The molecule has 0 heterocycles. The fraction of sp³-hybridized carbons (Fsp3) is 0.400. The molecule has 2 N–H and O–H groups in total. The van der Waals surface area contributed by atoms with Crippen molar-refractivity contribution in [2.24, 2.45) is 0 Å². The van der Waals surface area contributed by atoms with E-state index in [2.05, 4.69) is 11.9 Å². The summed E-state index contributed by atoms with van der Waals surface area (Å²) in [5.74, 6) is -0.868. The van der Waals surface area contributed by atoms with E-state index in [4.69, 9.17) is 5.11 Å². The average molecular weight is 115 g/mol. The van der Waals surface area contributed by atoms with Crippen LogP contribution in [0.2, 0.25) is 0 Å². The molecule has 0 saturated carbocycles. The van der Waals surface area contributed by atoms with Gasteiger partial charge in [0.1, 0.15) is 6.54 Å². The van der Waals surface area contributed by atoms with Crippen molar-refractivity contribution in [3.63, 3.8) is 0 Å². The molecule has 0 aliphatic rings. The summed E-state index contributed by atoms with van der Waals surface area (Å²) in [5.41, 5.74) is 0.674. The Hall–Kier alpha value is -0.990. The molecule has 3 nitrogen and oxygen atoms in total. The van der Waals surface area contributed by atoms with Crippen LogP contribution in [0.15, 0.2) is 12.3 Å². The molecule has 0 radical (unpaired) electrons. The highest BCUT2D eigenvalue weighted by atomic mass is 16.4. The third kappa shape index (κ3) is 5.01. The normalized spacial score (nSPS) is 8.12. The van der Waals surface area contributed by atoms with Crippen molar-refractivity contribution in [1.29, 1.82) is 0 Å². The van der Waals surface area contributed by atoms with E-state index in [1.807, 2.05) is 0 Å². The van der Waals surface area contributed by atoms with Gasteiger partial charge in [0.25, 0.3) is 0 Å². The first-order chi connectivity index (χ1) is 3.63. The van der Waals surface area contributed by atoms with Crippen LogP contribution >= 0.6 is 0 Å². The number of allylic oxidation sites excluding steroid dienone is 1. The summed E-state index contributed by atoms with van der Waals surface area (Å²) >= 11 is 0. The molecule has 0 aliphatic heterocycles. The van der Waals surface area contributed by atoms with Gasteiger partial charge in [0, 0.05) is 5.70 Å². The predicted octanol–water partition coefficient (Wildman–Crippen LogP) is 0.194. The average Bonchev–Trinajstić information content (AvgIpc) is 1.61. The number of nitrogens with one attached hydrogen (secondary N) is 1. The number of carboxylic acids is 1. The molecule has 0 atom stereocenters. The first kappa shape index (κ1) is 7.01. The van der Waals surface area contributed by atoms with Gasteiger partial charge in [-0.1, -0.05) is 6.58 Å². The molecule has 8 heavy (non-hydrogen) atoms. The molecule has 0 aromatic carbocycles. The van der Waals surface area contributed by atoms with Crippen molar-refractivity contribution in [1.82, 2.24) is 5.32 Å². The Morgan fingerprint density at radius 2 is 2.38 bits per heavy atom. The lowest BCUT2D eigenvalue weighted by Gasteiger charge is -1.97. The third-order valence-electron chi connectivity index (χ3n) is 0.541. The summed E-state index contributed by atoms with van der Waals surface area (Å²) in [4.78, 5) is 9.80. The summed E-state index contributed by atoms with van der Waals surface area (Å²) in [6, 6.07) is 0. The maximum Gasteiger partial charge on any atom is 0.322 e. The van der Waals surface area contributed by atoms with E-state index < -0.39 is 5.97 Å². The smallest absolute Gasteiger partial charge is 0.322 e. The SMILES string of the molecule is C=C(C)NCC(=O)O. The van der Waals surface area contributed by atoms with Gasteiger partial charge in [0.15, 0.2) is 0 Å². The van der Waals surface area contributed by atoms with Gasteiger partial charge < -0.3 is 10.4 Å². The Kier molecular flexibility index (Phi) is 2.69. The molecule has 0 amide bonds. The summed E-state index contributed by atoms with van der Waals surface area (Å²) < 4.78 is 0. The van der Waals surface area contributed by atoms with E-state index in [9.17, 15) is 4.79 Å². The molecule has 0 bridgehead atoms. The topological polar surface area (TPSA) is 49.3 Å². The fourth-order valence-corrected chi connectivity index (χ4v) is 0.227. The number of hydrogen-bond donors (Lipinski definition) is 2. The van der Waals surface area contributed by atoms with Crippen LogP contribution in [-0.2, 0) is 4.79 Å². The molecule has 0 saturated heterocycles. The first-order valence-electron chi connectivity index (χ1n) is 2.24. The van der Waals surface area contributed by atoms with Crippen molar-refractivity contribution in [3.05, 3.63) is 12.3 Å². The summed E-state index contributed by atoms with van der Waals surface area (Å²) in [7, 11) is 0. The summed E-state index contributed by atoms with van der Waals surface area (Å²) in [5, 5.41) is 10.6.